The van der Waals surface area contributed by atoms with Crippen LogP contribution in [0.3, 0.4) is 0 Å². The van der Waals surface area contributed by atoms with Crippen LogP contribution in [0.25, 0.3) is 11.3 Å². The zero-order valence-electron chi connectivity index (χ0n) is 21.3. The molecule has 4 rings (SSSR count). The van der Waals surface area contributed by atoms with Crippen LogP contribution >= 0.6 is 10.9 Å². The van der Waals surface area contributed by atoms with Gasteiger partial charge in [0.15, 0.2) is 0 Å². The molecule has 2 aromatic carbocycles. The van der Waals surface area contributed by atoms with Gasteiger partial charge in [-0.3, -0.25) is 0 Å². The third-order valence-corrected chi connectivity index (χ3v) is 10.8. The normalized spacial score (nSPS) is 26.0. The Bertz CT molecular complexity index is 1310. The lowest BCUT2D eigenvalue weighted by Gasteiger charge is -2.51. The van der Waals surface area contributed by atoms with Crippen molar-refractivity contribution < 1.29 is 42.4 Å². The van der Waals surface area contributed by atoms with Crippen molar-refractivity contribution in [3.05, 3.63) is 70.9 Å². The second-order valence-electron chi connectivity index (χ2n) is 10.3. The predicted molar refractivity (Wildman–Crippen MR) is 136 cm³/mol. The van der Waals surface area contributed by atoms with Crippen LogP contribution in [0, 0.1) is 18.6 Å². The van der Waals surface area contributed by atoms with Crippen molar-refractivity contribution in [2.45, 2.75) is 61.3 Å². The van der Waals surface area contributed by atoms with E-state index in [4.69, 9.17) is 0 Å². The van der Waals surface area contributed by atoms with Crippen LogP contribution in [-0.2, 0) is 6.18 Å². The first kappa shape index (κ1) is 29.4. The van der Waals surface area contributed by atoms with Gasteiger partial charge in [0.2, 0.25) is 0 Å². The molecule has 214 valence electrons. The number of rotatable bonds is 6. The van der Waals surface area contributed by atoms with Gasteiger partial charge in [0.1, 0.15) is 23.4 Å². The second-order valence-corrected chi connectivity index (χ2v) is 12.9. The average molecular weight is 576 g/mol. The monoisotopic (exact) mass is 575 g/mol. The van der Waals surface area contributed by atoms with Gasteiger partial charge < -0.3 is 20.4 Å². The topological polar surface area (TPSA) is 112 Å². The van der Waals surface area contributed by atoms with E-state index in [1.807, 2.05) is 0 Å². The molecule has 2 heterocycles. The first-order valence-electron chi connectivity index (χ1n) is 12.1. The molecule has 0 bridgehead atoms. The van der Waals surface area contributed by atoms with E-state index in [0.717, 1.165) is 22.9 Å². The molecule has 13 heteroatoms. The van der Waals surface area contributed by atoms with Gasteiger partial charge in [0, 0.05) is 27.4 Å². The van der Waals surface area contributed by atoms with Crippen LogP contribution in [0.1, 0.15) is 41.8 Å². The van der Waals surface area contributed by atoms with Crippen LogP contribution in [0.4, 0.5) is 22.0 Å². The first-order chi connectivity index (χ1) is 18.1. The number of hydrogen-bond acceptors (Lipinski definition) is 6. The zero-order chi connectivity index (χ0) is 28.9. The summed E-state index contributed by atoms with van der Waals surface area (Å²) >= 11 is 0. The number of halogens is 5. The lowest BCUT2D eigenvalue weighted by atomic mass is 9.93. The Labute approximate surface area is 224 Å². The Hall–Kier alpha value is -2.58. The maximum atomic E-state index is 14.1. The number of aliphatic hydroxyl groups is 4. The SMILES string of the molecule is Cc1c(F)cc(-c2cn([C@@H]3[C@@H](O)[C@@H](CO)[SH]([C@@H](c4ccccc4C(F)(F)F)C(C)(C)O)C[C@@H]3O)nn2)cc1F. The van der Waals surface area contributed by atoms with Crippen LogP contribution in [0.5, 0.6) is 0 Å². The fourth-order valence-corrected chi connectivity index (χ4v) is 8.94. The molecule has 0 amide bonds. The van der Waals surface area contributed by atoms with E-state index in [9.17, 15) is 42.4 Å². The van der Waals surface area contributed by atoms with Crippen molar-refractivity contribution in [3.8, 4) is 11.3 Å². The van der Waals surface area contributed by atoms with E-state index >= 15 is 0 Å². The number of alkyl halides is 3. The molecule has 1 saturated heterocycles. The average Bonchev–Trinajstić information content (AvgIpc) is 3.31. The largest absolute Gasteiger partial charge is 0.416 e. The summed E-state index contributed by atoms with van der Waals surface area (Å²) in [4.78, 5) is 0. The number of nitrogens with zero attached hydrogens (tertiary/aromatic N) is 3. The standard InChI is InChI=1S/C26H30F5N3O4S/c1-13-17(27)8-14(9-18(13)28)19-10-34(33-32-19)22-20(36)12-39(21(11-35)23(22)37)24(25(2,3)38)15-6-4-5-7-16(15)26(29,30)31/h4-10,20-24,35-39H,11-12H2,1-3H3/t20-,21+,22-,23-,24-/m0/s1. The molecule has 1 aliphatic rings. The molecular formula is C26H30F5N3O4S. The lowest BCUT2D eigenvalue weighted by Crippen LogP contribution is -2.52. The minimum atomic E-state index is -4.72. The molecular weight excluding hydrogens is 545 g/mol. The number of benzene rings is 2. The molecule has 6 atom stereocenters. The highest BCUT2D eigenvalue weighted by Crippen LogP contribution is 2.58. The molecule has 1 aliphatic heterocycles. The molecule has 0 radical (unpaired) electrons. The van der Waals surface area contributed by atoms with E-state index in [2.05, 4.69) is 10.3 Å². The zero-order valence-corrected chi connectivity index (χ0v) is 22.2. The third-order valence-electron chi connectivity index (χ3n) is 7.10. The second kappa shape index (κ2) is 10.8. The number of aliphatic hydroxyl groups excluding tert-OH is 3. The summed E-state index contributed by atoms with van der Waals surface area (Å²) < 4.78 is 71.0. The van der Waals surface area contributed by atoms with Crippen LogP contribution in [0.2, 0.25) is 0 Å². The highest BCUT2D eigenvalue weighted by atomic mass is 32.2. The van der Waals surface area contributed by atoms with Gasteiger partial charge in [0.05, 0.1) is 36.2 Å². The van der Waals surface area contributed by atoms with Gasteiger partial charge in [-0.2, -0.15) is 13.2 Å². The quantitative estimate of drug-likeness (QED) is 0.227. The van der Waals surface area contributed by atoms with Gasteiger partial charge in [-0.25, -0.2) is 24.4 Å². The van der Waals surface area contributed by atoms with E-state index in [1.165, 1.54) is 45.2 Å². The third kappa shape index (κ3) is 5.68. The molecule has 0 aliphatic carbocycles. The fourth-order valence-electron chi connectivity index (χ4n) is 5.26. The molecule has 7 nitrogen and oxygen atoms in total. The van der Waals surface area contributed by atoms with Crippen LogP contribution in [-0.4, -0.2) is 70.8 Å². The Morgan fingerprint density at radius 3 is 2.28 bits per heavy atom. The van der Waals surface area contributed by atoms with Crippen LogP contribution < -0.4 is 0 Å². The molecule has 1 fully saturated rings. The summed E-state index contributed by atoms with van der Waals surface area (Å²) in [6, 6.07) is 5.80. The Kier molecular flexibility index (Phi) is 8.12. The summed E-state index contributed by atoms with van der Waals surface area (Å²) in [6.07, 6.45) is -6.27. The van der Waals surface area contributed by atoms with Crippen molar-refractivity contribution in [2.75, 3.05) is 12.4 Å². The lowest BCUT2D eigenvalue weighted by molar-refractivity contribution is -0.138. The van der Waals surface area contributed by atoms with E-state index in [1.54, 1.807) is 0 Å². The van der Waals surface area contributed by atoms with E-state index in [0.29, 0.717) is 0 Å². The van der Waals surface area contributed by atoms with Crippen molar-refractivity contribution in [1.29, 1.82) is 0 Å². The minimum absolute atomic E-state index is 0.0639. The highest BCUT2D eigenvalue weighted by Gasteiger charge is 2.50. The molecule has 0 spiro atoms. The van der Waals surface area contributed by atoms with Gasteiger partial charge >= 0.3 is 6.18 Å². The molecule has 1 unspecified atom stereocenters. The van der Waals surface area contributed by atoms with Crippen molar-refractivity contribution >= 4 is 10.9 Å². The number of thiol groups is 1. The van der Waals surface area contributed by atoms with Gasteiger partial charge in [0.25, 0.3) is 0 Å². The van der Waals surface area contributed by atoms with E-state index in [-0.39, 0.29) is 28.1 Å². The molecule has 4 N–H and O–H groups in total. The number of aromatic nitrogens is 3. The molecule has 39 heavy (non-hydrogen) atoms. The summed E-state index contributed by atoms with van der Waals surface area (Å²) in [6.45, 7) is 3.36. The molecule has 1 aromatic heterocycles. The maximum Gasteiger partial charge on any atom is 0.416 e. The van der Waals surface area contributed by atoms with Gasteiger partial charge in [-0.15, -0.1) is 5.10 Å². The van der Waals surface area contributed by atoms with Crippen molar-refractivity contribution in [2.24, 2.45) is 0 Å². The van der Waals surface area contributed by atoms with Gasteiger partial charge in [-0.1, -0.05) is 23.4 Å². The fraction of sp³-hybridized carbons (Fsp3) is 0.462. The molecule has 0 saturated carbocycles. The van der Waals surface area contributed by atoms with Gasteiger partial charge in [-0.05, 0) is 44.5 Å². The summed E-state index contributed by atoms with van der Waals surface area (Å²) in [7, 11) is -1.83. The highest BCUT2D eigenvalue weighted by molar-refractivity contribution is 8.18. The predicted octanol–water partition coefficient (Wildman–Crippen LogP) is 3.70. The number of hydrogen-bond donors (Lipinski definition) is 5. The smallest absolute Gasteiger partial charge is 0.395 e. The summed E-state index contributed by atoms with van der Waals surface area (Å²) in [5.74, 6) is -1.72. The maximum absolute atomic E-state index is 14.1. The Morgan fingerprint density at radius 2 is 1.72 bits per heavy atom. The molecule has 3 aromatic rings. The minimum Gasteiger partial charge on any atom is -0.395 e. The summed E-state index contributed by atoms with van der Waals surface area (Å²) in [5, 5.41) is 49.4. The summed E-state index contributed by atoms with van der Waals surface area (Å²) in [5.41, 5.74) is -2.86. The Morgan fingerprint density at radius 1 is 1.10 bits per heavy atom. The first-order valence-corrected chi connectivity index (χ1v) is 13.8. The Balaban J connectivity index is 1.71. The van der Waals surface area contributed by atoms with Crippen molar-refractivity contribution in [3.63, 3.8) is 0 Å². The van der Waals surface area contributed by atoms with Crippen LogP contribution in [0.15, 0.2) is 42.6 Å². The van der Waals surface area contributed by atoms with E-state index < -0.39 is 75.2 Å². The van der Waals surface area contributed by atoms with Crippen molar-refractivity contribution in [1.82, 2.24) is 15.0 Å².